The third kappa shape index (κ3) is 4.49. The number of hydrogen-bond donors (Lipinski definition) is 2. The Bertz CT molecular complexity index is 799. The molecule has 1 aliphatic rings. The van der Waals surface area contributed by atoms with Gasteiger partial charge in [0, 0.05) is 32.7 Å². The number of carbonyl (C=O) groups is 2. The molecule has 1 saturated heterocycles. The van der Waals surface area contributed by atoms with E-state index in [0.29, 0.717) is 38.3 Å². The average Bonchev–Trinajstić information content (AvgIpc) is 2.72. The summed E-state index contributed by atoms with van der Waals surface area (Å²) >= 11 is 0. The van der Waals surface area contributed by atoms with Crippen LogP contribution in [-0.2, 0) is 11.3 Å². The molecule has 0 aromatic heterocycles. The van der Waals surface area contributed by atoms with E-state index < -0.39 is 0 Å². The predicted octanol–water partition coefficient (Wildman–Crippen LogP) is 2.21. The van der Waals surface area contributed by atoms with Gasteiger partial charge < -0.3 is 25.0 Å². The number of para-hydroxylation sites is 2. The highest BCUT2D eigenvalue weighted by Gasteiger charge is 2.22. The molecular weight excluding hydrogens is 346 g/mol. The summed E-state index contributed by atoms with van der Waals surface area (Å²) in [6.07, 6.45) is 0. The van der Waals surface area contributed by atoms with Gasteiger partial charge in [-0.05, 0) is 29.8 Å². The minimum Gasteiger partial charge on any atom is -0.506 e. The number of urea groups is 1. The van der Waals surface area contributed by atoms with Crippen LogP contribution >= 0.6 is 0 Å². The van der Waals surface area contributed by atoms with Gasteiger partial charge >= 0.3 is 12.0 Å². The maximum Gasteiger partial charge on any atom is 0.337 e. The molecule has 2 aromatic rings. The summed E-state index contributed by atoms with van der Waals surface area (Å²) in [5.41, 5.74) is 2.18. The van der Waals surface area contributed by atoms with Crippen molar-refractivity contribution in [1.82, 2.24) is 10.2 Å². The molecule has 0 radical (unpaired) electrons. The summed E-state index contributed by atoms with van der Waals surface area (Å²) in [7, 11) is 1.34. The van der Waals surface area contributed by atoms with Gasteiger partial charge in [-0.2, -0.15) is 0 Å². The third-order valence-corrected chi connectivity index (χ3v) is 4.61. The van der Waals surface area contributed by atoms with E-state index in [9.17, 15) is 14.7 Å². The van der Waals surface area contributed by atoms with Crippen LogP contribution in [0.25, 0.3) is 0 Å². The molecule has 1 heterocycles. The van der Waals surface area contributed by atoms with E-state index in [4.69, 9.17) is 0 Å². The Hall–Kier alpha value is -3.22. The zero-order valence-corrected chi connectivity index (χ0v) is 15.2. The molecule has 0 aliphatic carbocycles. The number of ether oxygens (including phenoxy) is 1. The standard InChI is InChI=1S/C20H23N3O4/c1-27-19(25)16-8-6-15(7-9-16)14-21-20(26)23-12-10-22(11-13-23)17-4-2-3-5-18(17)24/h2-9,24H,10-14H2,1H3,(H,21,26). The Labute approximate surface area is 158 Å². The van der Waals surface area contributed by atoms with Crippen molar-refractivity contribution in [2.75, 3.05) is 38.2 Å². The smallest absolute Gasteiger partial charge is 0.337 e. The average molecular weight is 369 g/mol. The highest BCUT2D eigenvalue weighted by atomic mass is 16.5. The number of nitrogens with one attached hydrogen (secondary N) is 1. The fraction of sp³-hybridized carbons (Fsp3) is 0.300. The second-order valence-corrected chi connectivity index (χ2v) is 6.31. The number of nitrogens with zero attached hydrogens (tertiary/aromatic N) is 2. The summed E-state index contributed by atoms with van der Waals surface area (Å²) in [5.74, 6) is -0.126. The monoisotopic (exact) mass is 369 g/mol. The number of esters is 1. The molecule has 1 aliphatic heterocycles. The summed E-state index contributed by atoms with van der Waals surface area (Å²) in [4.78, 5) is 27.6. The molecule has 0 atom stereocenters. The fourth-order valence-corrected chi connectivity index (χ4v) is 3.05. The van der Waals surface area contributed by atoms with Crippen molar-refractivity contribution in [2.45, 2.75) is 6.54 Å². The van der Waals surface area contributed by atoms with Crippen LogP contribution in [0.1, 0.15) is 15.9 Å². The van der Waals surface area contributed by atoms with Gasteiger partial charge in [0.15, 0.2) is 0 Å². The molecule has 7 heteroatoms. The Morgan fingerprint density at radius 2 is 1.70 bits per heavy atom. The van der Waals surface area contributed by atoms with Crippen LogP contribution in [0.2, 0.25) is 0 Å². The zero-order valence-electron chi connectivity index (χ0n) is 15.2. The molecule has 142 valence electrons. The summed E-state index contributed by atoms with van der Waals surface area (Å²) in [6, 6.07) is 14.1. The molecule has 2 N–H and O–H groups in total. The van der Waals surface area contributed by atoms with Crippen LogP contribution in [-0.4, -0.2) is 55.3 Å². The molecule has 27 heavy (non-hydrogen) atoms. The van der Waals surface area contributed by atoms with Gasteiger partial charge in [0.25, 0.3) is 0 Å². The first kappa shape index (κ1) is 18.6. The van der Waals surface area contributed by atoms with Gasteiger partial charge in [-0.25, -0.2) is 9.59 Å². The van der Waals surface area contributed by atoms with E-state index in [2.05, 4.69) is 15.0 Å². The lowest BCUT2D eigenvalue weighted by molar-refractivity contribution is 0.0600. The lowest BCUT2D eigenvalue weighted by Gasteiger charge is -2.36. The molecule has 0 bridgehead atoms. The van der Waals surface area contributed by atoms with Gasteiger partial charge in [-0.15, -0.1) is 0 Å². The molecule has 2 aromatic carbocycles. The Kier molecular flexibility index (Phi) is 5.80. The molecule has 0 saturated carbocycles. The normalized spacial score (nSPS) is 14.0. The van der Waals surface area contributed by atoms with Crippen molar-refractivity contribution in [2.24, 2.45) is 0 Å². The molecule has 2 amide bonds. The van der Waals surface area contributed by atoms with Crippen molar-refractivity contribution in [1.29, 1.82) is 0 Å². The van der Waals surface area contributed by atoms with Gasteiger partial charge in [0.2, 0.25) is 0 Å². The number of anilines is 1. The van der Waals surface area contributed by atoms with Crippen LogP contribution in [0.4, 0.5) is 10.5 Å². The van der Waals surface area contributed by atoms with Crippen molar-refractivity contribution >= 4 is 17.7 Å². The first-order valence-electron chi connectivity index (χ1n) is 8.81. The topological polar surface area (TPSA) is 82.1 Å². The summed E-state index contributed by atoms with van der Waals surface area (Å²) in [6.45, 7) is 2.89. The number of piperazine rings is 1. The SMILES string of the molecule is COC(=O)c1ccc(CNC(=O)N2CCN(c3ccccc3O)CC2)cc1. The molecule has 7 nitrogen and oxygen atoms in total. The van der Waals surface area contributed by atoms with E-state index in [0.717, 1.165) is 11.3 Å². The number of phenolic OH excluding ortho intramolecular Hbond substituents is 1. The van der Waals surface area contributed by atoms with Crippen molar-refractivity contribution in [3.8, 4) is 5.75 Å². The van der Waals surface area contributed by atoms with Crippen LogP contribution in [0.3, 0.4) is 0 Å². The lowest BCUT2D eigenvalue weighted by atomic mass is 10.1. The predicted molar refractivity (Wildman–Crippen MR) is 102 cm³/mol. The largest absolute Gasteiger partial charge is 0.506 e. The van der Waals surface area contributed by atoms with E-state index in [-0.39, 0.29) is 17.7 Å². The molecule has 0 unspecified atom stereocenters. The number of benzene rings is 2. The van der Waals surface area contributed by atoms with E-state index in [1.54, 1.807) is 41.3 Å². The molecule has 1 fully saturated rings. The number of carbonyl (C=O) groups excluding carboxylic acids is 2. The van der Waals surface area contributed by atoms with Crippen molar-refractivity contribution in [3.63, 3.8) is 0 Å². The minimum atomic E-state index is -0.382. The van der Waals surface area contributed by atoms with Gasteiger partial charge in [-0.1, -0.05) is 24.3 Å². The Morgan fingerprint density at radius 3 is 2.33 bits per heavy atom. The highest BCUT2D eigenvalue weighted by molar-refractivity contribution is 5.89. The van der Waals surface area contributed by atoms with Crippen LogP contribution < -0.4 is 10.2 Å². The van der Waals surface area contributed by atoms with Crippen LogP contribution in [0.15, 0.2) is 48.5 Å². The van der Waals surface area contributed by atoms with E-state index >= 15 is 0 Å². The number of amides is 2. The molecule has 3 rings (SSSR count). The second-order valence-electron chi connectivity index (χ2n) is 6.31. The number of methoxy groups -OCH3 is 1. The fourth-order valence-electron chi connectivity index (χ4n) is 3.05. The van der Waals surface area contributed by atoms with Crippen LogP contribution in [0, 0.1) is 0 Å². The van der Waals surface area contributed by atoms with Gasteiger partial charge in [-0.3, -0.25) is 0 Å². The van der Waals surface area contributed by atoms with Gasteiger partial charge in [0.1, 0.15) is 5.75 Å². The third-order valence-electron chi connectivity index (χ3n) is 4.61. The number of aromatic hydroxyl groups is 1. The quantitative estimate of drug-likeness (QED) is 0.808. The van der Waals surface area contributed by atoms with E-state index in [1.807, 2.05) is 12.1 Å². The maximum atomic E-state index is 12.4. The van der Waals surface area contributed by atoms with Crippen molar-refractivity contribution in [3.05, 3.63) is 59.7 Å². The second kappa shape index (κ2) is 8.44. The molecule has 0 spiro atoms. The van der Waals surface area contributed by atoms with Crippen molar-refractivity contribution < 1.29 is 19.4 Å². The molecular formula is C20H23N3O4. The first-order valence-corrected chi connectivity index (χ1v) is 8.81. The lowest BCUT2D eigenvalue weighted by Crippen LogP contribution is -2.51. The first-order chi connectivity index (χ1) is 13.1. The Balaban J connectivity index is 1.48. The van der Waals surface area contributed by atoms with Gasteiger partial charge in [0.05, 0.1) is 18.4 Å². The zero-order chi connectivity index (χ0) is 19.2. The Morgan fingerprint density at radius 1 is 1.04 bits per heavy atom. The number of hydrogen-bond acceptors (Lipinski definition) is 5. The number of phenols is 1. The van der Waals surface area contributed by atoms with Crippen LogP contribution in [0.5, 0.6) is 5.75 Å². The highest BCUT2D eigenvalue weighted by Crippen LogP contribution is 2.27. The minimum absolute atomic E-state index is 0.121. The van der Waals surface area contributed by atoms with E-state index in [1.165, 1.54) is 7.11 Å². The summed E-state index contributed by atoms with van der Waals surface area (Å²) < 4.78 is 4.67. The number of rotatable bonds is 4. The summed E-state index contributed by atoms with van der Waals surface area (Å²) in [5, 5.41) is 12.9. The maximum absolute atomic E-state index is 12.4.